The zero-order chi connectivity index (χ0) is 13.9. The summed E-state index contributed by atoms with van der Waals surface area (Å²) in [7, 11) is 0. The second kappa shape index (κ2) is 5.68. The quantitative estimate of drug-likeness (QED) is 0.909. The molecule has 104 valence electrons. The van der Waals surface area contributed by atoms with Crippen LogP contribution in [0.1, 0.15) is 29.2 Å². The molecule has 20 heavy (non-hydrogen) atoms. The third-order valence-corrected chi connectivity index (χ3v) is 4.11. The fraction of sp³-hybridized carbons (Fsp3) is 0.333. The van der Waals surface area contributed by atoms with E-state index in [1.54, 1.807) is 0 Å². The van der Waals surface area contributed by atoms with Crippen molar-refractivity contribution in [3.05, 3.63) is 64.7 Å². The molecule has 0 radical (unpaired) electrons. The van der Waals surface area contributed by atoms with E-state index in [0.717, 1.165) is 26.2 Å². The molecule has 1 N–H and O–H groups in total. The zero-order valence-electron chi connectivity index (χ0n) is 12.3. The molecule has 2 aromatic rings. The maximum atomic E-state index is 3.41. The van der Waals surface area contributed by atoms with Crippen LogP contribution in [0.4, 0.5) is 5.69 Å². The largest absolute Gasteiger partial charge is 0.367 e. The highest BCUT2D eigenvalue weighted by molar-refractivity contribution is 5.53. The first-order chi connectivity index (χ1) is 9.78. The molecule has 0 saturated carbocycles. The fourth-order valence-electron chi connectivity index (χ4n) is 2.95. The van der Waals surface area contributed by atoms with Gasteiger partial charge >= 0.3 is 0 Å². The first kappa shape index (κ1) is 13.2. The Morgan fingerprint density at radius 3 is 2.65 bits per heavy atom. The third-order valence-electron chi connectivity index (χ3n) is 4.11. The van der Waals surface area contributed by atoms with Crippen molar-refractivity contribution in [2.24, 2.45) is 0 Å². The fourth-order valence-corrected chi connectivity index (χ4v) is 2.95. The maximum Gasteiger partial charge on any atom is 0.0429 e. The molecule has 0 saturated heterocycles. The summed E-state index contributed by atoms with van der Waals surface area (Å²) in [6, 6.07) is 15.5. The molecule has 0 fully saturated rings. The van der Waals surface area contributed by atoms with Crippen LogP contribution in [-0.2, 0) is 19.6 Å². The van der Waals surface area contributed by atoms with Gasteiger partial charge in [0.2, 0.25) is 0 Å². The highest BCUT2D eigenvalue weighted by atomic mass is 15.1. The highest BCUT2D eigenvalue weighted by Gasteiger charge is 2.12. The van der Waals surface area contributed by atoms with Gasteiger partial charge < -0.3 is 10.2 Å². The van der Waals surface area contributed by atoms with E-state index in [1.165, 1.54) is 27.9 Å². The number of hydrogen-bond acceptors (Lipinski definition) is 2. The second-order valence-corrected chi connectivity index (χ2v) is 5.51. The number of hydrogen-bond donors (Lipinski definition) is 1. The Kier molecular flexibility index (Phi) is 3.75. The van der Waals surface area contributed by atoms with Crippen LogP contribution in [0, 0.1) is 6.92 Å². The minimum Gasteiger partial charge on any atom is -0.367 e. The molecule has 1 aliphatic heterocycles. The Balaban J connectivity index is 1.83. The van der Waals surface area contributed by atoms with Gasteiger partial charge in [0.15, 0.2) is 0 Å². The molecular weight excluding hydrogens is 244 g/mol. The smallest absolute Gasteiger partial charge is 0.0429 e. The van der Waals surface area contributed by atoms with Crippen molar-refractivity contribution >= 4 is 5.69 Å². The van der Waals surface area contributed by atoms with Crippen molar-refractivity contribution in [2.45, 2.75) is 33.5 Å². The van der Waals surface area contributed by atoms with Crippen LogP contribution in [0.3, 0.4) is 0 Å². The summed E-state index contributed by atoms with van der Waals surface area (Å²) in [6.07, 6.45) is 0. The van der Waals surface area contributed by atoms with Gasteiger partial charge in [0.1, 0.15) is 0 Å². The molecule has 2 heteroatoms. The van der Waals surface area contributed by atoms with Gasteiger partial charge in [0, 0.05) is 31.9 Å². The van der Waals surface area contributed by atoms with E-state index in [9.17, 15) is 0 Å². The topological polar surface area (TPSA) is 15.3 Å². The Bertz CT molecular complexity index is 604. The predicted molar refractivity (Wildman–Crippen MR) is 84.9 cm³/mol. The predicted octanol–water partition coefficient (Wildman–Crippen LogP) is 3.62. The summed E-state index contributed by atoms with van der Waals surface area (Å²) in [5.74, 6) is 0. The zero-order valence-corrected chi connectivity index (χ0v) is 12.3. The number of nitrogens with zero attached hydrogens (tertiary/aromatic N) is 1. The molecule has 0 bridgehead atoms. The van der Waals surface area contributed by atoms with Crippen molar-refractivity contribution < 1.29 is 0 Å². The maximum absolute atomic E-state index is 3.41. The van der Waals surface area contributed by atoms with E-state index in [0.29, 0.717) is 0 Å². The normalized spacial score (nSPS) is 13.3. The SMILES string of the molecule is CCN(Cc1ccc2c(c1)CNC2)c1ccccc1C. The lowest BCUT2D eigenvalue weighted by atomic mass is 10.1. The molecule has 3 rings (SSSR count). The summed E-state index contributed by atoms with van der Waals surface area (Å²) in [5.41, 5.74) is 7.00. The second-order valence-electron chi connectivity index (χ2n) is 5.51. The average Bonchev–Trinajstić information content (AvgIpc) is 2.93. The van der Waals surface area contributed by atoms with E-state index < -0.39 is 0 Å². The number of para-hydroxylation sites is 1. The lowest BCUT2D eigenvalue weighted by Gasteiger charge is -2.25. The lowest BCUT2D eigenvalue weighted by molar-refractivity contribution is 0.764. The van der Waals surface area contributed by atoms with Gasteiger partial charge in [-0.2, -0.15) is 0 Å². The summed E-state index contributed by atoms with van der Waals surface area (Å²) in [6.45, 7) is 8.45. The molecule has 2 aromatic carbocycles. The number of nitrogens with one attached hydrogen (secondary N) is 1. The van der Waals surface area contributed by atoms with Gasteiger partial charge in [0.05, 0.1) is 0 Å². The summed E-state index contributed by atoms with van der Waals surface area (Å²) in [4.78, 5) is 2.44. The third kappa shape index (κ3) is 2.56. The Morgan fingerprint density at radius 2 is 1.85 bits per heavy atom. The summed E-state index contributed by atoms with van der Waals surface area (Å²) >= 11 is 0. The van der Waals surface area contributed by atoms with E-state index >= 15 is 0 Å². The van der Waals surface area contributed by atoms with E-state index in [-0.39, 0.29) is 0 Å². The van der Waals surface area contributed by atoms with Gasteiger partial charge in [-0.1, -0.05) is 36.4 Å². The van der Waals surface area contributed by atoms with E-state index in [2.05, 4.69) is 66.5 Å². The number of aryl methyl sites for hydroxylation is 1. The molecule has 0 atom stereocenters. The van der Waals surface area contributed by atoms with Gasteiger partial charge in [-0.15, -0.1) is 0 Å². The number of fused-ring (bicyclic) bond motifs is 1. The number of rotatable bonds is 4. The van der Waals surface area contributed by atoms with Crippen LogP contribution >= 0.6 is 0 Å². The Hall–Kier alpha value is -1.80. The van der Waals surface area contributed by atoms with Gasteiger partial charge in [-0.25, -0.2) is 0 Å². The van der Waals surface area contributed by atoms with Crippen LogP contribution in [0.25, 0.3) is 0 Å². The highest BCUT2D eigenvalue weighted by Crippen LogP contribution is 2.23. The standard InChI is InChI=1S/C18H22N2/c1-3-20(18-7-5-4-6-14(18)2)13-15-8-9-16-11-19-12-17(16)10-15/h4-10,19H,3,11-13H2,1-2H3. The van der Waals surface area contributed by atoms with Crippen LogP contribution in [0.15, 0.2) is 42.5 Å². The number of benzene rings is 2. The van der Waals surface area contributed by atoms with Gasteiger partial charge in [0.25, 0.3) is 0 Å². The first-order valence-corrected chi connectivity index (χ1v) is 7.40. The van der Waals surface area contributed by atoms with Crippen molar-refractivity contribution in [3.8, 4) is 0 Å². The van der Waals surface area contributed by atoms with Crippen molar-refractivity contribution in [2.75, 3.05) is 11.4 Å². The molecule has 2 nitrogen and oxygen atoms in total. The molecule has 0 aromatic heterocycles. The Labute approximate surface area is 121 Å². The van der Waals surface area contributed by atoms with Crippen molar-refractivity contribution in [1.82, 2.24) is 5.32 Å². The van der Waals surface area contributed by atoms with E-state index in [4.69, 9.17) is 0 Å². The van der Waals surface area contributed by atoms with E-state index in [1.807, 2.05) is 0 Å². The molecule has 0 amide bonds. The van der Waals surface area contributed by atoms with Crippen LogP contribution in [0.2, 0.25) is 0 Å². The number of anilines is 1. The van der Waals surface area contributed by atoms with Gasteiger partial charge in [-0.05, 0) is 42.2 Å². The molecular formula is C18H22N2. The minimum atomic E-state index is 0.981. The van der Waals surface area contributed by atoms with Crippen molar-refractivity contribution in [3.63, 3.8) is 0 Å². The van der Waals surface area contributed by atoms with Crippen LogP contribution in [0.5, 0.6) is 0 Å². The van der Waals surface area contributed by atoms with Crippen LogP contribution < -0.4 is 10.2 Å². The molecule has 0 spiro atoms. The minimum absolute atomic E-state index is 0.981. The average molecular weight is 266 g/mol. The molecule has 0 unspecified atom stereocenters. The van der Waals surface area contributed by atoms with Gasteiger partial charge in [-0.3, -0.25) is 0 Å². The molecule has 0 aliphatic carbocycles. The summed E-state index contributed by atoms with van der Waals surface area (Å²) < 4.78 is 0. The first-order valence-electron chi connectivity index (χ1n) is 7.40. The Morgan fingerprint density at radius 1 is 1.05 bits per heavy atom. The van der Waals surface area contributed by atoms with Crippen LogP contribution in [-0.4, -0.2) is 6.54 Å². The van der Waals surface area contributed by atoms with Crippen molar-refractivity contribution in [1.29, 1.82) is 0 Å². The molecule has 1 heterocycles. The molecule has 1 aliphatic rings. The summed E-state index contributed by atoms with van der Waals surface area (Å²) in [5, 5.41) is 3.41. The monoisotopic (exact) mass is 266 g/mol. The lowest BCUT2D eigenvalue weighted by Crippen LogP contribution is -2.22.